The Bertz CT molecular complexity index is 613. The van der Waals surface area contributed by atoms with Crippen molar-refractivity contribution in [3.05, 3.63) is 65.0 Å². The van der Waals surface area contributed by atoms with Gasteiger partial charge in [0.25, 0.3) is 0 Å². The standard InChI is InChI=1S/C19H24FNO2/c1-14(3-4-15-5-8-18(23-2)9-6-15)21-12-16-7-10-19(20)17(11-16)13-22/h5-11,14,21-22H,3-4,12-13H2,1-2H3. The van der Waals surface area contributed by atoms with Crippen LogP contribution < -0.4 is 10.1 Å². The minimum atomic E-state index is -0.358. The van der Waals surface area contributed by atoms with E-state index in [1.54, 1.807) is 19.2 Å². The van der Waals surface area contributed by atoms with Crippen LogP contribution in [0.25, 0.3) is 0 Å². The van der Waals surface area contributed by atoms with E-state index in [9.17, 15) is 4.39 Å². The van der Waals surface area contributed by atoms with Gasteiger partial charge in [-0.15, -0.1) is 0 Å². The summed E-state index contributed by atoms with van der Waals surface area (Å²) in [5, 5.41) is 12.5. The lowest BCUT2D eigenvalue weighted by Crippen LogP contribution is -2.26. The van der Waals surface area contributed by atoms with Gasteiger partial charge in [-0.1, -0.05) is 18.2 Å². The number of aliphatic hydroxyl groups is 1. The van der Waals surface area contributed by atoms with Crippen molar-refractivity contribution in [1.29, 1.82) is 0 Å². The SMILES string of the molecule is COc1ccc(CCC(C)NCc2ccc(F)c(CO)c2)cc1. The third kappa shape index (κ3) is 5.34. The van der Waals surface area contributed by atoms with Crippen LogP contribution in [-0.4, -0.2) is 18.3 Å². The molecule has 2 N–H and O–H groups in total. The molecule has 23 heavy (non-hydrogen) atoms. The maximum atomic E-state index is 13.3. The van der Waals surface area contributed by atoms with Crippen LogP contribution in [0.2, 0.25) is 0 Å². The number of ether oxygens (including phenoxy) is 1. The summed E-state index contributed by atoms with van der Waals surface area (Å²) < 4.78 is 18.5. The van der Waals surface area contributed by atoms with Gasteiger partial charge in [-0.25, -0.2) is 4.39 Å². The van der Waals surface area contributed by atoms with Gasteiger partial charge < -0.3 is 15.2 Å². The Labute approximate surface area is 137 Å². The number of nitrogens with one attached hydrogen (secondary N) is 1. The third-order valence-electron chi connectivity index (χ3n) is 3.96. The number of hydrogen-bond acceptors (Lipinski definition) is 3. The van der Waals surface area contributed by atoms with Crippen LogP contribution in [0.4, 0.5) is 4.39 Å². The molecule has 4 heteroatoms. The summed E-state index contributed by atoms with van der Waals surface area (Å²) in [5.41, 5.74) is 2.60. The van der Waals surface area contributed by atoms with Crippen LogP contribution in [0.1, 0.15) is 30.0 Å². The highest BCUT2D eigenvalue weighted by Crippen LogP contribution is 2.14. The molecule has 2 aromatic carbocycles. The van der Waals surface area contributed by atoms with Gasteiger partial charge in [0.2, 0.25) is 0 Å². The largest absolute Gasteiger partial charge is 0.497 e. The molecular weight excluding hydrogens is 293 g/mol. The van der Waals surface area contributed by atoms with E-state index in [0.717, 1.165) is 24.2 Å². The Morgan fingerprint density at radius 1 is 1.13 bits per heavy atom. The molecule has 124 valence electrons. The summed E-state index contributed by atoms with van der Waals surface area (Å²) in [4.78, 5) is 0. The molecule has 0 fully saturated rings. The van der Waals surface area contributed by atoms with Crippen molar-refractivity contribution in [1.82, 2.24) is 5.32 Å². The Morgan fingerprint density at radius 2 is 1.83 bits per heavy atom. The van der Waals surface area contributed by atoms with Crippen molar-refractivity contribution in [3.8, 4) is 5.75 Å². The lowest BCUT2D eigenvalue weighted by molar-refractivity contribution is 0.275. The molecule has 0 saturated heterocycles. The van der Waals surface area contributed by atoms with Crippen molar-refractivity contribution in [2.24, 2.45) is 0 Å². The number of aliphatic hydroxyl groups excluding tert-OH is 1. The Balaban J connectivity index is 1.79. The highest BCUT2D eigenvalue weighted by molar-refractivity contribution is 5.27. The van der Waals surface area contributed by atoms with Gasteiger partial charge in [0.1, 0.15) is 11.6 Å². The molecule has 2 rings (SSSR count). The summed E-state index contributed by atoms with van der Waals surface area (Å²) in [6.45, 7) is 2.53. The predicted octanol–water partition coefficient (Wildman–Crippen LogP) is 3.44. The number of aryl methyl sites for hydroxylation is 1. The van der Waals surface area contributed by atoms with Crippen LogP contribution in [-0.2, 0) is 19.6 Å². The number of methoxy groups -OCH3 is 1. The summed E-state index contributed by atoms with van der Waals surface area (Å²) in [6, 6.07) is 13.3. The number of halogens is 1. The Morgan fingerprint density at radius 3 is 2.48 bits per heavy atom. The quantitative estimate of drug-likeness (QED) is 0.784. The fourth-order valence-corrected chi connectivity index (χ4v) is 2.43. The smallest absolute Gasteiger partial charge is 0.128 e. The molecule has 0 aromatic heterocycles. The minimum absolute atomic E-state index is 0.271. The average molecular weight is 317 g/mol. The van der Waals surface area contributed by atoms with Crippen molar-refractivity contribution >= 4 is 0 Å². The molecule has 0 bridgehead atoms. The molecule has 0 saturated carbocycles. The zero-order valence-electron chi connectivity index (χ0n) is 13.7. The average Bonchev–Trinajstić information content (AvgIpc) is 2.59. The third-order valence-corrected chi connectivity index (χ3v) is 3.96. The Kier molecular flexibility index (Phi) is 6.56. The zero-order chi connectivity index (χ0) is 16.7. The first-order valence-electron chi connectivity index (χ1n) is 7.87. The highest BCUT2D eigenvalue weighted by atomic mass is 19.1. The van der Waals surface area contributed by atoms with Gasteiger partial charge >= 0.3 is 0 Å². The fourth-order valence-electron chi connectivity index (χ4n) is 2.43. The normalized spacial score (nSPS) is 12.2. The number of rotatable bonds is 8. The second-order valence-corrected chi connectivity index (χ2v) is 5.75. The summed E-state index contributed by atoms with van der Waals surface area (Å²) >= 11 is 0. The fraction of sp³-hybridized carbons (Fsp3) is 0.368. The Hall–Kier alpha value is -1.91. The van der Waals surface area contributed by atoms with E-state index in [1.165, 1.54) is 11.6 Å². The molecule has 0 spiro atoms. The lowest BCUT2D eigenvalue weighted by Gasteiger charge is -2.14. The molecule has 0 aliphatic carbocycles. The van der Waals surface area contributed by atoms with Gasteiger partial charge in [-0.3, -0.25) is 0 Å². The highest BCUT2D eigenvalue weighted by Gasteiger charge is 2.05. The maximum absolute atomic E-state index is 13.3. The van der Waals surface area contributed by atoms with Gasteiger partial charge in [0, 0.05) is 18.2 Å². The molecule has 2 aromatic rings. The molecule has 0 aliphatic heterocycles. The van der Waals surface area contributed by atoms with Crippen LogP contribution in [0.5, 0.6) is 5.75 Å². The molecule has 0 radical (unpaired) electrons. The van der Waals surface area contributed by atoms with Crippen LogP contribution in [0, 0.1) is 5.82 Å². The summed E-state index contributed by atoms with van der Waals surface area (Å²) in [6.07, 6.45) is 2.00. The first-order valence-corrected chi connectivity index (χ1v) is 7.87. The van der Waals surface area contributed by atoms with Gasteiger partial charge in [-0.05, 0) is 55.2 Å². The van der Waals surface area contributed by atoms with E-state index < -0.39 is 0 Å². The second-order valence-electron chi connectivity index (χ2n) is 5.75. The molecule has 0 heterocycles. The van der Waals surface area contributed by atoms with Crippen molar-refractivity contribution in [3.63, 3.8) is 0 Å². The summed E-state index contributed by atoms with van der Waals surface area (Å²) in [5.74, 6) is 0.514. The van der Waals surface area contributed by atoms with Crippen molar-refractivity contribution in [2.75, 3.05) is 7.11 Å². The lowest BCUT2D eigenvalue weighted by atomic mass is 10.1. The van der Waals surface area contributed by atoms with Gasteiger partial charge in [0.05, 0.1) is 13.7 Å². The van der Waals surface area contributed by atoms with Crippen LogP contribution >= 0.6 is 0 Å². The first-order chi connectivity index (χ1) is 11.1. The van der Waals surface area contributed by atoms with Crippen molar-refractivity contribution in [2.45, 2.75) is 39.0 Å². The van der Waals surface area contributed by atoms with Gasteiger partial charge in [-0.2, -0.15) is 0 Å². The molecule has 3 nitrogen and oxygen atoms in total. The number of hydrogen-bond donors (Lipinski definition) is 2. The minimum Gasteiger partial charge on any atom is -0.497 e. The van der Waals surface area contributed by atoms with Crippen molar-refractivity contribution < 1.29 is 14.2 Å². The van der Waals surface area contributed by atoms with E-state index in [4.69, 9.17) is 9.84 Å². The van der Waals surface area contributed by atoms with E-state index in [0.29, 0.717) is 18.2 Å². The number of benzene rings is 2. The van der Waals surface area contributed by atoms with E-state index in [2.05, 4.69) is 24.4 Å². The van der Waals surface area contributed by atoms with E-state index >= 15 is 0 Å². The maximum Gasteiger partial charge on any atom is 0.128 e. The topological polar surface area (TPSA) is 41.5 Å². The zero-order valence-corrected chi connectivity index (χ0v) is 13.7. The predicted molar refractivity (Wildman–Crippen MR) is 89.9 cm³/mol. The van der Waals surface area contributed by atoms with Crippen LogP contribution in [0.3, 0.4) is 0 Å². The monoisotopic (exact) mass is 317 g/mol. The molecule has 0 amide bonds. The van der Waals surface area contributed by atoms with Gasteiger partial charge in [0.15, 0.2) is 0 Å². The van der Waals surface area contributed by atoms with E-state index in [-0.39, 0.29) is 12.4 Å². The molecule has 1 atom stereocenters. The second kappa shape index (κ2) is 8.65. The van der Waals surface area contributed by atoms with E-state index in [1.807, 2.05) is 12.1 Å². The van der Waals surface area contributed by atoms with Crippen LogP contribution in [0.15, 0.2) is 42.5 Å². The first kappa shape index (κ1) is 17.4. The molecule has 0 aliphatic rings. The summed E-state index contributed by atoms with van der Waals surface area (Å²) in [7, 11) is 1.67. The molecule has 1 unspecified atom stereocenters. The molecular formula is C19H24FNO2.